The fraction of sp³-hybridized carbons (Fsp3) is 0.429. The van der Waals surface area contributed by atoms with Crippen LogP contribution in [0.4, 0.5) is 5.69 Å². The van der Waals surface area contributed by atoms with Crippen molar-refractivity contribution in [1.29, 1.82) is 0 Å². The molecule has 20 heavy (non-hydrogen) atoms. The summed E-state index contributed by atoms with van der Waals surface area (Å²) in [5.41, 5.74) is 0.697. The van der Waals surface area contributed by atoms with Gasteiger partial charge < -0.3 is 15.5 Å². The smallest absolute Gasteiger partial charge is 0.242 e. The van der Waals surface area contributed by atoms with Crippen LogP contribution in [0.1, 0.15) is 13.8 Å². The number of rotatable bonds is 6. The van der Waals surface area contributed by atoms with Gasteiger partial charge in [0.25, 0.3) is 0 Å². The molecule has 0 bridgehead atoms. The summed E-state index contributed by atoms with van der Waals surface area (Å²) in [6, 6.07) is 7.25. The van der Waals surface area contributed by atoms with Gasteiger partial charge in [0.2, 0.25) is 11.8 Å². The predicted octanol–water partition coefficient (Wildman–Crippen LogP) is 1.73. The maximum absolute atomic E-state index is 11.9. The quantitative estimate of drug-likeness (QED) is 0.841. The van der Waals surface area contributed by atoms with E-state index >= 15 is 0 Å². The molecule has 0 unspecified atom stereocenters. The number of hydrogen-bond acceptors (Lipinski definition) is 3. The Balaban J connectivity index is 2.42. The van der Waals surface area contributed by atoms with Crippen molar-refractivity contribution in [3.63, 3.8) is 0 Å². The molecule has 6 heteroatoms. The van der Waals surface area contributed by atoms with Crippen LogP contribution in [0.2, 0.25) is 5.02 Å². The van der Waals surface area contributed by atoms with E-state index in [0.717, 1.165) is 0 Å². The number of amides is 2. The lowest BCUT2D eigenvalue weighted by atomic mass is 10.3. The summed E-state index contributed by atoms with van der Waals surface area (Å²) in [5.74, 6) is -0.350. The number of likely N-dealkylation sites (N-methyl/N-ethyl adjacent to an activating group) is 1. The van der Waals surface area contributed by atoms with Crippen LogP contribution in [0, 0.1) is 0 Å². The molecule has 1 aromatic carbocycles. The normalized spacial score (nSPS) is 10.2. The Hall–Kier alpha value is -1.75. The number of nitrogens with zero attached hydrogens (tertiary/aromatic N) is 1. The van der Waals surface area contributed by atoms with Crippen LogP contribution in [-0.2, 0) is 9.59 Å². The van der Waals surface area contributed by atoms with Gasteiger partial charge in [-0.15, -0.1) is 0 Å². The largest absolute Gasteiger partial charge is 0.375 e. The molecule has 110 valence electrons. The first-order valence-electron chi connectivity index (χ1n) is 6.42. The van der Waals surface area contributed by atoms with Gasteiger partial charge in [0.15, 0.2) is 0 Å². The standard InChI is InChI=1S/C14H20ClN3O2/c1-10(2)17-13(19)9-18(3)14(20)8-16-12-7-5-4-6-11(12)15/h4-7,10,16H,8-9H2,1-3H3,(H,17,19). The molecule has 0 aliphatic carbocycles. The molecule has 0 aliphatic rings. The minimum Gasteiger partial charge on any atom is -0.375 e. The first-order valence-corrected chi connectivity index (χ1v) is 6.79. The fourth-order valence-electron chi connectivity index (χ4n) is 1.58. The summed E-state index contributed by atoms with van der Waals surface area (Å²) >= 11 is 5.98. The highest BCUT2D eigenvalue weighted by Gasteiger charge is 2.13. The highest BCUT2D eigenvalue weighted by molar-refractivity contribution is 6.33. The second kappa shape index (κ2) is 7.75. The van der Waals surface area contributed by atoms with Crippen molar-refractivity contribution in [3.05, 3.63) is 29.3 Å². The Morgan fingerprint density at radius 3 is 2.55 bits per heavy atom. The number of anilines is 1. The summed E-state index contributed by atoms with van der Waals surface area (Å²) in [6.45, 7) is 3.88. The lowest BCUT2D eigenvalue weighted by Crippen LogP contribution is -2.42. The molecule has 5 nitrogen and oxygen atoms in total. The molecule has 0 fully saturated rings. The Labute approximate surface area is 124 Å². The predicted molar refractivity (Wildman–Crippen MR) is 80.9 cm³/mol. The van der Waals surface area contributed by atoms with Gasteiger partial charge in [-0.3, -0.25) is 9.59 Å². The maximum atomic E-state index is 11.9. The lowest BCUT2D eigenvalue weighted by Gasteiger charge is -2.18. The van der Waals surface area contributed by atoms with E-state index in [1.807, 2.05) is 26.0 Å². The molecule has 0 spiro atoms. The first-order chi connectivity index (χ1) is 9.40. The molecule has 0 heterocycles. The van der Waals surface area contributed by atoms with Crippen molar-refractivity contribution in [3.8, 4) is 0 Å². The Morgan fingerprint density at radius 1 is 1.30 bits per heavy atom. The average molecular weight is 298 g/mol. The van der Waals surface area contributed by atoms with Crippen LogP contribution in [0.5, 0.6) is 0 Å². The molecule has 2 amide bonds. The lowest BCUT2D eigenvalue weighted by molar-refractivity contribution is -0.133. The summed E-state index contributed by atoms with van der Waals surface area (Å²) in [4.78, 5) is 24.8. The van der Waals surface area contributed by atoms with Gasteiger partial charge in [0, 0.05) is 13.1 Å². The third-order valence-corrected chi connectivity index (χ3v) is 2.89. The van der Waals surface area contributed by atoms with E-state index in [1.165, 1.54) is 4.90 Å². The first kappa shape index (κ1) is 16.3. The zero-order chi connectivity index (χ0) is 15.1. The minimum absolute atomic E-state index is 0.0429. The third kappa shape index (κ3) is 5.48. The van der Waals surface area contributed by atoms with Crippen LogP contribution < -0.4 is 10.6 Å². The highest BCUT2D eigenvalue weighted by atomic mass is 35.5. The van der Waals surface area contributed by atoms with Crippen molar-refractivity contribution in [2.45, 2.75) is 19.9 Å². The summed E-state index contributed by atoms with van der Waals surface area (Å²) in [7, 11) is 1.59. The Bertz CT molecular complexity index is 477. The zero-order valence-electron chi connectivity index (χ0n) is 11.9. The summed E-state index contributed by atoms with van der Waals surface area (Å²) in [5, 5.41) is 6.25. The maximum Gasteiger partial charge on any atom is 0.242 e. The van der Waals surface area contributed by atoms with Gasteiger partial charge >= 0.3 is 0 Å². The van der Waals surface area contributed by atoms with Crippen LogP contribution in [0.15, 0.2) is 24.3 Å². The number of hydrogen-bond donors (Lipinski definition) is 2. The van der Waals surface area contributed by atoms with Crippen molar-refractivity contribution < 1.29 is 9.59 Å². The van der Waals surface area contributed by atoms with E-state index in [1.54, 1.807) is 19.2 Å². The number of nitrogens with one attached hydrogen (secondary N) is 2. The average Bonchev–Trinajstić information content (AvgIpc) is 2.36. The number of halogens is 1. The molecular formula is C14H20ClN3O2. The number of carbonyl (C=O) groups excluding carboxylic acids is 2. The minimum atomic E-state index is -0.177. The fourth-order valence-corrected chi connectivity index (χ4v) is 1.78. The van der Waals surface area contributed by atoms with Gasteiger partial charge in [-0.2, -0.15) is 0 Å². The van der Waals surface area contributed by atoms with Gasteiger partial charge in [0.05, 0.1) is 23.8 Å². The van der Waals surface area contributed by atoms with Gasteiger partial charge in [-0.05, 0) is 26.0 Å². The molecule has 0 saturated carbocycles. The second-order valence-electron chi connectivity index (χ2n) is 4.81. The molecule has 1 aromatic rings. The molecular weight excluding hydrogens is 278 g/mol. The van der Waals surface area contributed by atoms with Crippen molar-refractivity contribution in [1.82, 2.24) is 10.2 Å². The topological polar surface area (TPSA) is 61.4 Å². The van der Waals surface area contributed by atoms with Crippen molar-refractivity contribution in [2.75, 3.05) is 25.5 Å². The molecule has 0 aromatic heterocycles. The van der Waals surface area contributed by atoms with Crippen molar-refractivity contribution >= 4 is 29.1 Å². The van der Waals surface area contributed by atoms with Crippen LogP contribution >= 0.6 is 11.6 Å². The third-order valence-electron chi connectivity index (χ3n) is 2.56. The molecule has 0 radical (unpaired) electrons. The molecule has 2 N–H and O–H groups in total. The Morgan fingerprint density at radius 2 is 1.95 bits per heavy atom. The zero-order valence-corrected chi connectivity index (χ0v) is 12.7. The van der Waals surface area contributed by atoms with E-state index in [-0.39, 0.29) is 30.9 Å². The SMILES string of the molecule is CC(C)NC(=O)CN(C)C(=O)CNc1ccccc1Cl. The molecule has 1 rings (SSSR count). The van der Waals surface area contributed by atoms with Gasteiger partial charge in [-0.25, -0.2) is 0 Å². The number of para-hydroxylation sites is 1. The van der Waals surface area contributed by atoms with E-state index < -0.39 is 0 Å². The number of benzene rings is 1. The van der Waals surface area contributed by atoms with E-state index in [4.69, 9.17) is 11.6 Å². The molecule has 0 saturated heterocycles. The van der Waals surface area contributed by atoms with Crippen molar-refractivity contribution in [2.24, 2.45) is 0 Å². The van der Waals surface area contributed by atoms with Gasteiger partial charge in [0.1, 0.15) is 0 Å². The molecule has 0 atom stereocenters. The van der Waals surface area contributed by atoms with E-state index in [9.17, 15) is 9.59 Å². The van der Waals surface area contributed by atoms with Gasteiger partial charge in [-0.1, -0.05) is 23.7 Å². The highest BCUT2D eigenvalue weighted by Crippen LogP contribution is 2.19. The Kier molecular flexibility index (Phi) is 6.31. The van der Waals surface area contributed by atoms with Crippen LogP contribution in [0.25, 0.3) is 0 Å². The van der Waals surface area contributed by atoms with E-state index in [2.05, 4.69) is 10.6 Å². The van der Waals surface area contributed by atoms with Crippen LogP contribution in [-0.4, -0.2) is 42.9 Å². The van der Waals surface area contributed by atoms with Crippen LogP contribution in [0.3, 0.4) is 0 Å². The summed E-state index contributed by atoms with van der Waals surface area (Å²) in [6.07, 6.45) is 0. The summed E-state index contributed by atoms with van der Waals surface area (Å²) < 4.78 is 0. The monoisotopic (exact) mass is 297 g/mol. The number of carbonyl (C=O) groups is 2. The van der Waals surface area contributed by atoms with E-state index in [0.29, 0.717) is 10.7 Å². The second-order valence-corrected chi connectivity index (χ2v) is 5.21. The molecule has 0 aliphatic heterocycles.